The van der Waals surface area contributed by atoms with Crippen LogP contribution < -0.4 is 5.56 Å². The van der Waals surface area contributed by atoms with Crippen molar-refractivity contribution in [3.63, 3.8) is 0 Å². The summed E-state index contributed by atoms with van der Waals surface area (Å²) in [5.74, 6) is -0.606. The van der Waals surface area contributed by atoms with Gasteiger partial charge in [-0.2, -0.15) is 5.26 Å². The van der Waals surface area contributed by atoms with Gasteiger partial charge in [0, 0.05) is 0 Å². The van der Waals surface area contributed by atoms with Gasteiger partial charge in [0.1, 0.15) is 16.9 Å². The van der Waals surface area contributed by atoms with Crippen molar-refractivity contribution in [3.8, 4) is 6.07 Å². The van der Waals surface area contributed by atoms with Crippen molar-refractivity contribution in [2.75, 3.05) is 0 Å². The summed E-state index contributed by atoms with van der Waals surface area (Å²) in [7, 11) is 0. The summed E-state index contributed by atoms with van der Waals surface area (Å²) in [6, 6.07) is 5.74. The van der Waals surface area contributed by atoms with E-state index in [1.165, 1.54) is 29.1 Å². The number of nitrogens with zero attached hydrogens (tertiary/aromatic N) is 3. The highest BCUT2D eigenvalue weighted by molar-refractivity contribution is 6.40. The molecule has 0 bridgehead atoms. The van der Waals surface area contributed by atoms with E-state index >= 15 is 0 Å². The van der Waals surface area contributed by atoms with Crippen LogP contribution in [0.4, 0.5) is 4.39 Å². The second-order valence-corrected chi connectivity index (χ2v) is 4.44. The number of benzene rings is 1. The Morgan fingerprint density at radius 1 is 1.42 bits per heavy atom. The molecule has 0 aliphatic carbocycles. The van der Waals surface area contributed by atoms with Crippen molar-refractivity contribution < 1.29 is 4.39 Å². The van der Waals surface area contributed by atoms with Gasteiger partial charge in [0.2, 0.25) is 0 Å². The topological polar surface area (TPSA) is 58.7 Å². The van der Waals surface area contributed by atoms with E-state index in [9.17, 15) is 9.18 Å². The molecule has 2 aromatic rings. The summed E-state index contributed by atoms with van der Waals surface area (Å²) in [5, 5.41) is 8.49. The van der Waals surface area contributed by atoms with Gasteiger partial charge >= 0.3 is 0 Å². The Balaban J connectivity index is 2.40. The molecule has 1 aromatic carbocycles. The number of halogens is 3. The monoisotopic (exact) mass is 297 g/mol. The number of rotatable bonds is 2. The van der Waals surface area contributed by atoms with Gasteiger partial charge in [0.15, 0.2) is 5.15 Å². The first-order valence-electron chi connectivity index (χ1n) is 5.12. The van der Waals surface area contributed by atoms with Crippen molar-refractivity contribution in [1.29, 1.82) is 5.26 Å². The molecule has 0 unspecified atom stereocenters. The van der Waals surface area contributed by atoms with Crippen molar-refractivity contribution in [1.82, 2.24) is 9.55 Å². The molecule has 4 nitrogen and oxygen atoms in total. The molecule has 19 heavy (non-hydrogen) atoms. The first-order chi connectivity index (χ1) is 9.02. The average molecular weight is 298 g/mol. The van der Waals surface area contributed by atoms with E-state index in [0.717, 1.165) is 0 Å². The molecule has 0 aliphatic heterocycles. The number of hydrogen-bond donors (Lipinski definition) is 0. The molecule has 0 spiro atoms. The predicted molar refractivity (Wildman–Crippen MR) is 68.7 cm³/mol. The lowest BCUT2D eigenvalue weighted by Crippen LogP contribution is -2.21. The Kier molecular flexibility index (Phi) is 3.84. The van der Waals surface area contributed by atoms with Gasteiger partial charge in [0.25, 0.3) is 5.56 Å². The zero-order chi connectivity index (χ0) is 14.0. The van der Waals surface area contributed by atoms with E-state index in [4.69, 9.17) is 28.5 Å². The lowest BCUT2D eigenvalue weighted by atomic mass is 10.1. The van der Waals surface area contributed by atoms with Gasteiger partial charge in [-0.3, -0.25) is 9.36 Å². The van der Waals surface area contributed by atoms with E-state index in [0.29, 0.717) is 5.56 Å². The van der Waals surface area contributed by atoms with Gasteiger partial charge in [0.05, 0.1) is 18.4 Å². The molecule has 0 aliphatic rings. The Morgan fingerprint density at radius 3 is 2.84 bits per heavy atom. The van der Waals surface area contributed by atoms with Crippen molar-refractivity contribution >= 4 is 23.2 Å². The fourth-order valence-corrected chi connectivity index (χ4v) is 1.79. The van der Waals surface area contributed by atoms with E-state index in [1.807, 2.05) is 0 Å². The highest BCUT2D eigenvalue weighted by Crippen LogP contribution is 2.14. The third-order valence-corrected chi connectivity index (χ3v) is 3.17. The predicted octanol–water partition coefficient (Wildman–Crippen LogP) is 2.61. The SMILES string of the molecule is N#Cc1cc(Cn2cnc(Cl)c(Cl)c2=O)ccc1F. The summed E-state index contributed by atoms with van der Waals surface area (Å²) in [6.45, 7) is 0.123. The second kappa shape index (κ2) is 5.39. The van der Waals surface area contributed by atoms with Crippen LogP contribution in [0, 0.1) is 17.1 Å². The molecule has 0 atom stereocenters. The Hall–Kier alpha value is -1.90. The van der Waals surface area contributed by atoms with Gasteiger partial charge in [-0.05, 0) is 17.7 Å². The largest absolute Gasteiger partial charge is 0.293 e. The first kappa shape index (κ1) is 13.5. The molecule has 1 heterocycles. The molecular weight excluding hydrogens is 292 g/mol. The van der Waals surface area contributed by atoms with Crippen LogP contribution in [0.25, 0.3) is 0 Å². The van der Waals surface area contributed by atoms with Crippen LogP contribution in [0.2, 0.25) is 10.2 Å². The molecule has 2 rings (SSSR count). The van der Waals surface area contributed by atoms with Crippen LogP contribution in [0.1, 0.15) is 11.1 Å². The smallest absolute Gasteiger partial charge is 0.273 e. The van der Waals surface area contributed by atoms with E-state index in [1.54, 1.807) is 6.07 Å². The molecule has 0 amide bonds. The summed E-state index contributed by atoms with van der Waals surface area (Å²) in [5.41, 5.74) is 0.00306. The minimum atomic E-state index is -0.606. The quantitative estimate of drug-likeness (QED) is 0.801. The van der Waals surface area contributed by atoms with Crippen LogP contribution in [-0.2, 0) is 6.54 Å². The number of hydrogen-bond acceptors (Lipinski definition) is 3. The van der Waals surface area contributed by atoms with E-state index in [2.05, 4.69) is 4.98 Å². The second-order valence-electron chi connectivity index (χ2n) is 3.71. The third kappa shape index (κ3) is 2.75. The normalized spacial score (nSPS) is 10.2. The standard InChI is InChI=1S/C12H6Cl2FN3O/c13-10-11(14)17-6-18(12(10)19)5-7-1-2-9(15)8(3-7)4-16/h1-3,6H,5H2. The maximum Gasteiger partial charge on any atom is 0.273 e. The van der Waals surface area contributed by atoms with Crippen LogP contribution in [0.15, 0.2) is 29.3 Å². The van der Waals surface area contributed by atoms with E-state index in [-0.39, 0.29) is 22.3 Å². The minimum Gasteiger partial charge on any atom is -0.293 e. The van der Waals surface area contributed by atoms with Crippen molar-refractivity contribution in [3.05, 3.63) is 62.0 Å². The Morgan fingerprint density at radius 2 is 2.16 bits per heavy atom. The lowest BCUT2D eigenvalue weighted by molar-refractivity contribution is 0.621. The van der Waals surface area contributed by atoms with Gasteiger partial charge in [-0.1, -0.05) is 29.3 Å². The van der Waals surface area contributed by atoms with Crippen LogP contribution in [-0.4, -0.2) is 9.55 Å². The molecule has 0 fully saturated rings. The van der Waals surface area contributed by atoms with Crippen LogP contribution >= 0.6 is 23.2 Å². The summed E-state index contributed by atoms with van der Waals surface area (Å²) < 4.78 is 14.4. The summed E-state index contributed by atoms with van der Waals surface area (Å²) in [4.78, 5) is 15.5. The average Bonchev–Trinajstić information content (AvgIpc) is 2.41. The molecular formula is C12H6Cl2FN3O. The Bertz CT molecular complexity index is 737. The van der Waals surface area contributed by atoms with Crippen LogP contribution in [0.3, 0.4) is 0 Å². The summed E-state index contributed by atoms with van der Waals surface area (Å²) in [6.07, 6.45) is 1.24. The van der Waals surface area contributed by atoms with Gasteiger partial charge in [-0.25, -0.2) is 9.37 Å². The van der Waals surface area contributed by atoms with Crippen molar-refractivity contribution in [2.45, 2.75) is 6.54 Å². The third-order valence-electron chi connectivity index (χ3n) is 2.44. The maximum atomic E-state index is 13.2. The first-order valence-corrected chi connectivity index (χ1v) is 5.87. The number of nitriles is 1. The molecule has 7 heteroatoms. The zero-order valence-corrected chi connectivity index (χ0v) is 10.9. The zero-order valence-electron chi connectivity index (χ0n) is 9.40. The molecule has 0 saturated heterocycles. The highest BCUT2D eigenvalue weighted by Gasteiger charge is 2.09. The Labute approximate surface area is 117 Å². The van der Waals surface area contributed by atoms with Gasteiger partial charge < -0.3 is 0 Å². The van der Waals surface area contributed by atoms with Crippen LogP contribution in [0.5, 0.6) is 0 Å². The molecule has 1 aromatic heterocycles. The molecule has 0 radical (unpaired) electrons. The maximum absolute atomic E-state index is 13.2. The molecule has 0 saturated carbocycles. The van der Waals surface area contributed by atoms with E-state index < -0.39 is 11.4 Å². The minimum absolute atomic E-state index is 0.0697. The number of aromatic nitrogens is 2. The highest BCUT2D eigenvalue weighted by atomic mass is 35.5. The van der Waals surface area contributed by atoms with Crippen molar-refractivity contribution in [2.24, 2.45) is 0 Å². The fraction of sp³-hybridized carbons (Fsp3) is 0.0833. The lowest BCUT2D eigenvalue weighted by Gasteiger charge is -2.06. The summed E-state index contributed by atoms with van der Waals surface area (Å²) >= 11 is 11.3. The molecule has 0 N–H and O–H groups in total. The molecule has 96 valence electrons. The van der Waals surface area contributed by atoms with Gasteiger partial charge in [-0.15, -0.1) is 0 Å². The fourth-order valence-electron chi connectivity index (χ4n) is 1.51.